The zero-order valence-electron chi connectivity index (χ0n) is 21.8. The number of aromatic nitrogens is 2. The van der Waals surface area contributed by atoms with E-state index in [0.29, 0.717) is 44.0 Å². The fourth-order valence-corrected chi connectivity index (χ4v) is 4.93. The van der Waals surface area contributed by atoms with Gasteiger partial charge in [-0.05, 0) is 37.1 Å². The second-order valence-corrected chi connectivity index (χ2v) is 9.73. The molecular weight excluding hydrogens is 476 g/mol. The molecule has 1 aromatic heterocycles. The van der Waals surface area contributed by atoms with Crippen LogP contribution < -0.4 is 15.2 Å². The first kappa shape index (κ1) is 25.3. The number of amides is 1. The maximum absolute atomic E-state index is 13.6. The molecule has 1 saturated heterocycles. The first-order chi connectivity index (χ1) is 18.5. The second-order valence-electron chi connectivity index (χ2n) is 9.73. The molecule has 0 radical (unpaired) electrons. The standard InChI is InChI=1S/C31H32N4O3/c1-23-17-24(2)19-26(18-23)20-29(36)34-15-13-33(14-16-34)28-21-32-35(27-11-7-4-8-12-27)31(37)30(28)38-22-25-9-5-3-6-10-25/h3-12,17-19,21H,13-16,20,22H2,1-2H3. The average Bonchev–Trinajstić information content (AvgIpc) is 2.93. The first-order valence-electron chi connectivity index (χ1n) is 12.9. The molecule has 0 saturated carbocycles. The Kier molecular flexibility index (Phi) is 7.54. The van der Waals surface area contributed by atoms with Crippen molar-refractivity contribution in [1.29, 1.82) is 0 Å². The average molecular weight is 509 g/mol. The first-order valence-corrected chi connectivity index (χ1v) is 12.9. The van der Waals surface area contributed by atoms with Gasteiger partial charge in [-0.15, -0.1) is 0 Å². The number of hydrogen-bond donors (Lipinski definition) is 0. The Labute approximate surface area is 222 Å². The van der Waals surface area contributed by atoms with Crippen LogP contribution in [-0.2, 0) is 17.8 Å². The number of rotatable bonds is 7. The summed E-state index contributed by atoms with van der Waals surface area (Å²) in [5.74, 6) is 0.385. The Balaban J connectivity index is 1.34. The number of piperazine rings is 1. The van der Waals surface area contributed by atoms with E-state index >= 15 is 0 Å². The van der Waals surface area contributed by atoms with Crippen molar-refractivity contribution in [3.8, 4) is 11.4 Å². The van der Waals surface area contributed by atoms with Crippen molar-refractivity contribution >= 4 is 11.6 Å². The molecule has 0 atom stereocenters. The van der Waals surface area contributed by atoms with Crippen LogP contribution in [0.15, 0.2) is 89.9 Å². The van der Waals surface area contributed by atoms with Gasteiger partial charge in [-0.1, -0.05) is 77.9 Å². The van der Waals surface area contributed by atoms with Gasteiger partial charge in [0, 0.05) is 26.2 Å². The van der Waals surface area contributed by atoms with E-state index in [0.717, 1.165) is 11.1 Å². The minimum absolute atomic E-state index is 0.118. The smallest absolute Gasteiger partial charge is 0.316 e. The Morgan fingerprint density at radius 2 is 1.47 bits per heavy atom. The third-order valence-electron chi connectivity index (χ3n) is 6.75. The van der Waals surface area contributed by atoms with Gasteiger partial charge in [0.1, 0.15) is 12.3 Å². The number of carbonyl (C=O) groups excluding carboxylic acids is 1. The number of nitrogens with zero attached hydrogens (tertiary/aromatic N) is 4. The second kappa shape index (κ2) is 11.3. The van der Waals surface area contributed by atoms with Gasteiger partial charge in [-0.2, -0.15) is 9.78 Å². The molecule has 38 heavy (non-hydrogen) atoms. The van der Waals surface area contributed by atoms with Crippen LogP contribution in [0.1, 0.15) is 22.3 Å². The number of para-hydroxylation sites is 1. The number of carbonyl (C=O) groups is 1. The molecule has 1 amide bonds. The highest BCUT2D eigenvalue weighted by Gasteiger charge is 2.26. The summed E-state index contributed by atoms with van der Waals surface area (Å²) in [6.07, 6.45) is 2.09. The van der Waals surface area contributed by atoms with E-state index in [1.54, 1.807) is 6.20 Å². The van der Waals surface area contributed by atoms with Crippen molar-refractivity contribution < 1.29 is 9.53 Å². The largest absolute Gasteiger partial charge is 0.481 e. The Bertz CT molecular complexity index is 1440. The normalized spacial score (nSPS) is 13.4. The SMILES string of the molecule is Cc1cc(C)cc(CC(=O)N2CCN(c3cnn(-c4ccccc4)c(=O)c3OCc3ccccc3)CC2)c1. The Morgan fingerprint density at radius 1 is 0.842 bits per heavy atom. The number of ether oxygens (including phenoxy) is 1. The third-order valence-corrected chi connectivity index (χ3v) is 6.75. The molecule has 0 bridgehead atoms. The molecule has 194 valence electrons. The van der Waals surface area contributed by atoms with Crippen molar-refractivity contribution in [3.05, 3.63) is 118 Å². The molecule has 1 aliphatic rings. The van der Waals surface area contributed by atoms with Crippen molar-refractivity contribution in [3.63, 3.8) is 0 Å². The molecule has 0 unspecified atom stereocenters. The van der Waals surface area contributed by atoms with Crippen LogP contribution in [-0.4, -0.2) is 46.8 Å². The van der Waals surface area contributed by atoms with Crippen LogP contribution in [0, 0.1) is 13.8 Å². The number of hydrogen-bond acceptors (Lipinski definition) is 5. The fourth-order valence-electron chi connectivity index (χ4n) is 4.93. The number of aryl methyl sites for hydroxylation is 2. The van der Waals surface area contributed by atoms with E-state index in [9.17, 15) is 9.59 Å². The van der Waals surface area contributed by atoms with Crippen LogP contribution in [0.5, 0.6) is 5.75 Å². The highest BCUT2D eigenvalue weighted by molar-refractivity contribution is 5.79. The lowest BCUT2D eigenvalue weighted by atomic mass is 10.0. The third kappa shape index (κ3) is 5.78. The minimum Gasteiger partial charge on any atom is -0.481 e. The van der Waals surface area contributed by atoms with Crippen molar-refractivity contribution in [1.82, 2.24) is 14.7 Å². The monoisotopic (exact) mass is 508 g/mol. The Hall–Kier alpha value is -4.39. The van der Waals surface area contributed by atoms with E-state index in [-0.39, 0.29) is 23.8 Å². The molecule has 4 aromatic rings. The van der Waals surface area contributed by atoms with E-state index in [1.165, 1.54) is 15.8 Å². The highest BCUT2D eigenvalue weighted by Crippen LogP contribution is 2.26. The maximum atomic E-state index is 13.6. The van der Waals surface area contributed by atoms with Gasteiger partial charge in [0.15, 0.2) is 0 Å². The zero-order valence-corrected chi connectivity index (χ0v) is 21.8. The van der Waals surface area contributed by atoms with Crippen LogP contribution in [0.4, 0.5) is 5.69 Å². The predicted octanol–water partition coefficient (Wildman–Crippen LogP) is 4.32. The van der Waals surface area contributed by atoms with Crippen LogP contribution in [0.3, 0.4) is 0 Å². The number of anilines is 1. The van der Waals surface area contributed by atoms with Gasteiger partial charge in [-0.25, -0.2) is 0 Å². The molecule has 1 fully saturated rings. The van der Waals surface area contributed by atoms with Crippen molar-refractivity contribution in [2.45, 2.75) is 26.9 Å². The quantitative estimate of drug-likeness (QED) is 0.372. The lowest BCUT2D eigenvalue weighted by Gasteiger charge is -2.36. The van der Waals surface area contributed by atoms with Crippen LogP contribution in [0.2, 0.25) is 0 Å². The molecular formula is C31H32N4O3. The molecule has 5 rings (SSSR count). The molecule has 0 spiro atoms. The highest BCUT2D eigenvalue weighted by atomic mass is 16.5. The van der Waals surface area contributed by atoms with E-state index in [1.807, 2.05) is 65.6 Å². The fraction of sp³-hybridized carbons (Fsp3) is 0.258. The van der Waals surface area contributed by atoms with Crippen LogP contribution in [0.25, 0.3) is 5.69 Å². The molecule has 0 aliphatic carbocycles. The summed E-state index contributed by atoms with van der Waals surface area (Å²) in [5, 5.41) is 4.47. The minimum atomic E-state index is -0.307. The topological polar surface area (TPSA) is 67.7 Å². The maximum Gasteiger partial charge on any atom is 0.316 e. The summed E-state index contributed by atoms with van der Waals surface area (Å²) in [4.78, 5) is 30.6. The van der Waals surface area contributed by atoms with Crippen molar-refractivity contribution in [2.24, 2.45) is 0 Å². The predicted molar refractivity (Wildman–Crippen MR) is 149 cm³/mol. The molecule has 7 nitrogen and oxygen atoms in total. The van der Waals surface area contributed by atoms with E-state index < -0.39 is 0 Å². The van der Waals surface area contributed by atoms with Gasteiger partial charge >= 0.3 is 5.56 Å². The molecule has 7 heteroatoms. The van der Waals surface area contributed by atoms with Gasteiger partial charge in [0.2, 0.25) is 11.7 Å². The molecule has 1 aliphatic heterocycles. The molecule has 3 aromatic carbocycles. The van der Waals surface area contributed by atoms with Gasteiger partial charge in [0.05, 0.1) is 18.3 Å². The summed E-state index contributed by atoms with van der Waals surface area (Å²) in [5.41, 5.74) is 5.37. The van der Waals surface area contributed by atoms with Gasteiger partial charge < -0.3 is 14.5 Å². The lowest BCUT2D eigenvalue weighted by Crippen LogP contribution is -2.49. The summed E-state index contributed by atoms with van der Waals surface area (Å²) in [6.45, 7) is 6.71. The van der Waals surface area contributed by atoms with Gasteiger partial charge in [-0.3, -0.25) is 9.59 Å². The van der Waals surface area contributed by atoms with Crippen molar-refractivity contribution in [2.75, 3.05) is 31.1 Å². The van der Waals surface area contributed by atoms with E-state index in [2.05, 4.69) is 42.0 Å². The lowest BCUT2D eigenvalue weighted by molar-refractivity contribution is -0.130. The summed E-state index contributed by atoms with van der Waals surface area (Å²) in [7, 11) is 0. The molecule has 2 heterocycles. The zero-order chi connectivity index (χ0) is 26.5. The number of benzene rings is 3. The van der Waals surface area contributed by atoms with Crippen LogP contribution >= 0.6 is 0 Å². The summed E-state index contributed by atoms with van der Waals surface area (Å²) < 4.78 is 7.52. The van der Waals surface area contributed by atoms with Gasteiger partial charge in [0.25, 0.3) is 0 Å². The molecule has 0 N–H and O–H groups in total. The summed E-state index contributed by atoms with van der Waals surface area (Å²) in [6, 6.07) is 25.4. The van der Waals surface area contributed by atoms with E-state index in [4.69, 9.17) is 4.74 Å². The Morgan fingerprint density at radius 3 is 2.13 bits per heavy atom. The summed E-state index contributed by atoms with van der Waals surface area (Å²) >= 11 is 0.